The van der Waals surface area contributed by atoms with Gasteiger partial charge in [-0.25, -0.2) is 0 Å². The number of fused-ring (bicyclic) bond motifs is 2. The Kier molecular flexibility index (Phi) is 4.65. The van der Waals surface area contributed by atoms with Crippen molar-refractivity contribution in [2.75, 3.05) is 13.2 Å². The fourth-order valence-electron chi connectivity index (χ4n) is 4.98. The summed E-state index contributed by atoms with van der Waals surface area (Å²) >= 11 is 0. The summed E-state index contributed by atoms with van der Waals surface area (Å²) < 4.78 is 0. The minimum atomic E-state index is 0.254. The molecule has 1 amide bonds. The first-order valence-corrected chi connectivity index (χ1v) is 8.63. The average molecular weight is 279 g/mol. The van der Waals surface area contributed by atoms with E-state index in [2.05, 4.69) is 5.32 Å². The third kappa shape index (κ3) is 3.19. The Morgan fingerprint density at radius 1 is 1.00 bits per heavy atom. The first kappa shape index (κ1) is 14.4. The normalized spacial score (nSPS) is 40.0. The van der Waals surface area contributed by atoms with E-state index in [4.69, 9.17) is 0 Å². The molecule has 3 aliphatic rings. The number of rotatable bonds is 5. The van der Waals surface area contributed by atoms with E-state index < -0.39 is 0 Å². The second-order valence-corrected chi connectivity index (χ2v) is 7.43. The molecule has 0 heterocycles. The molecule has 5 atom stereocenters. The Balaban J connectivity index is 1.40. The Bertz CT molecular complexity index is 344. The van der Waals surface area contributed by atoms with Crippen LogP contribution in [0, 0.1) is 29.6 Å². The summed E-state index contributed by atoms with van der Waals surface area (Å²) in [5.41, 5.74) is 0. The molecule has 3 fully saturated rings. The van der Waals surface area contributed by atoms with Crippen LogP contribution in [0.1, 0.15) is 57.8 Å². The summed E-state index contributed by atoms with van der Waals surface area (Å²) in [4.78, 5) is 12.1. The molecular formula is C17H29NO2. The summed E-state index contributed by atoms with van der Waals surface area (Å²) in [6.45, 7) is 1.07. The molecule has 0 aromatic heterocycles. The number of hydrogen-bond acceptors (Lipinski definition) is 2. The molecule has 20 heavy (non-hydrogen) atoms. The van der Waals surface area contributed by atoms with Gasteiger partial charge in [-0.1, -0.05) is 19.3 Å². The molecule has 0 spiro atoms. The van der Waals surface area contributed by atoms with Crippen molar-refractivity contribution in [1.29, 1.82) is 0 Å². The summed E-state index contributed by atoms with van der Waals surface area (Å²) in [7, 11) is 0. The molecule has 2 N–H and O–H groups in total. The van der Waals surface area contributed by atoms with Crippen LogP contribution < -0.4 is 5.32 Å². The van der Waals surface area contributed by atoms with Crippen LogP contribution in [0.4, 0.5) is 0 Å². The van der Waals surface area contributed by atoms with Crippen molar-refractivity contribution >= 4 is 5.91 Å². The monoisotopic (exact) mass is 279 g/mol. The van der Waals surface area contributed by atoms with E-state index in [1.807, 2.05) is 0 Å². The van der Waals surface area contributed by atoms with Gasteiger partial charge in [-0.2, -0.15) is 0 Å². The van der Waals surface area contributed by atoms with Crippen molar-refractivity contribution in [1.82, 2.24) is 5.32 Å². The van der Waals surface area contributed by atoms with Crippen molar-refractivity contribution in [3.8, 4) is 0 Å². The first-order chi connectivity index (χ1) is 9.76. The number of hydrogen-bond donors (Lipinski definition) is 2. The van der Waals surface area contributed by atoms with Gasteiger partial charge in [0.1, 0.15) is 0 Å². The van der Waals surface area contributed by atoms with Crippen molar-refractivity contribution < 1.29 is 9.90 Å². The van der Waals surface area contributed by atoms with Gasteiger partial charge in [0.15, 0.2) is 0 Å². The van der Waals surface area contributed by atoms with Crippen LogP contribution in [0.25, 0.3) is 0 Å². The molecule has 3 heteroatoms. The van der Waals surface area contributed by atoms with E-state index >= 15 is 0 Å². The lowest BCUT2D eigenvalue weighted by Crippen LogP contribution is -2.36. The molecule has 114 valence electrons. The lowest BCUT2D eigenvalue weighted by Gasteiger charge is -2.30. The van der Waals surface area contributed by atoms with Crippen molar-refractivity contribution in [3.63, 3.8) is 0 Å². The highest BCUT2D eigenvalue weighted by atomic mass is 16.3. The van der Waals surface area contributed by atoms with Crippen molar-refractivity contribution in [2.45, 2.75) is 57.8 Å². The van der Waals surface area contributed by atoms with Gasteiger partial charge in [0.05, 0.1) is 0 Å². The third-order valence-electron chi connectivity index (χ3n) is 6.19. The molecule has 5 unspecified atom stereocenters. The highest BCUT2D eigenvalue weighted by Crippen LogP contribution is 2.49. The summed E-state index contributed by atoms with van der Waals surface area (Å²) in [5, 5.41) is 12.6. The third-order valence-corrected chi connectivity index (χ3v) is 6.19. The molecule has 0 aromatic carbocycles. The molecule has 0 radical (unpaired) electrons. The topological polar surface area (TPSA) is 49.3 Å². The fraction of sp³-hybridized carbons (Fsp3) is 0.941. The van der Waals surface area contributed by atoms with E-state index in [-0.39, 0.29) is 12.5 Å². The van der Waals surface area contributed by atoms with Gasteiger partial charge in [-0.3, -0.25) is 4.79 Å². The maximum atomic E-state index is 12.1. The molecule has 3 aliphatic carbocycles. The average Bonchev–Trinajstić information content (AvgIpc) is 3.08. The van der Waals surface area contributed by atoms with Crippen LogP contribution in [0.15, 0.2) is 0 Å². The van der Waals surface area contributed by atoms with Gasteiger partial charge in [0.25, 0.3) is 0 Å². The quantitative estimate of drug-likeness (QED) is 0.813. The molecule has 0 saturated heterocycles. The van der Waals surface area contributed by atoms with Crippen LogP contribution in [0.2, 0.25) is 0 Å². The van der Waals surface area contributed by atoms with Gasteiger partial charge in [0.2, 0.25) is 5.91 Å². The number of aliphatic hydroxyl groups excluding tert-OH is 1. The predicted molar refractivity (Wildman–Crippen MR) is 79.1 cm³/mol. The molecule has 3 nitrogen and oxygen atoms in total. The van der Waals surface area contributed by atoms with Crippen LogP contribution >= 0.6 is 0 Å². The van der Waals surface area contributed by atoms with Gasteiger partial charge >= 0.3 is 0 Å². The summed E-state index contributed by atoms with van der Waals surface area (Å²) in [6.07, 6.45) is 11.0. The minimum absolute atomic E-state index is 0.254. The van der Waals surface area contributed by atoms with Crippen LogP contribution in [-0.4, -0.2) is 24.2 Å². The van der Waals surface area contributed by atoms with Gasteiger partial charge < -0.3 is 10.4 Å². The smallest absolute Gasteiger partial charge is 0.220 e. The Labute approximate surface area is 122 Å². The SMILES string of the molecule is O=C(CC1CC2CCC1C2)NCC1CCCCC1CO. The highest BCUT2D eigenvalue weighted by Gasteiger charge is 2.40. The molecule has 2 bridgehead atoms. The Morgan fingerprint density at radius 2 is 1.80 bits per heavy atom. The fourth-order valence-corrected chi connectivity index (χ4v) is 4.98. The zero-order valence-corrected chi connectivity index (χ0v) is 12.5. The molecular weight excluding hydrogens is 250 g/mol. The lowest BCUT2D eigenvalue weighted by atomic mass is 9.79. The lowest BCUT2D eigenvalue weighted by molar-refractivity contribution is -0.122. The largest absolute Gasteiger partial charge is 0.396 e. The van der Waals surface area contributed by atoms with E-state index in [1.165, 1.54) is 44.9 Å². The predicted octanol–water partition coefficient (Wildman–Crippen LogP) is 2.73. The number of carbonyl (C=O) groups excluding carboxylic acids is 1. The first-order valence-electron chi connectivity index (χ1n) is 8.63. The van der Waals surface area contributed by atoms with E-state index in [1.54, 1.807) is 0 Å². The maximum absolute atomic E-state index is 12.1. The molecule has 0 aromatic rings. The number of amides is 1. The number of nitrogens with one attached hydrogen (secondary N) is 1. The van der Waals surface area contributed by atoms with Gasteiger partial charge in [-0.05, 0) is 61.7 Å². The van der Waals surface area contributed by atoms with Gasteiger partial charge in [-0.15, -0.1) is 0 Å². The zero-order valence-electron chi connectivity index (χ0n) is 12.5. The minimum Gasteiger partial charge on any atom is -0.396 e. The summed E-state index contributed by atoms with van der Waals surface area (Å²) in [5.74, 6) is 3.59. The molecule has 3 saturated carbocycles. The Morgan fingerprint density at radius 3 is 2.45 bits per heavy atom. The van der Waals surface area contributed by atoms with E-state index in [9.17, 15) is 9.90 Å². The molecule has 0 aliphatic heterocycles. The number of carbonyl (C=O) groups is 1. The van der Waals surface area contributed by atoms with Crippen molar-refractivity contribution in [3.05, 3.63) is 0 Å². The number of aliphatic hydroxyl groups is 1. The maximum Gasteiger partial charge on any atom is 0.220 e. The van der Waals surface area contributed by atoms with E-state index in [0.29, 0.717) is 17.8 Å². The Hall–Kier alpha value is -0.570. The zero-order chi connectivity index (χ0) is 13.9. The molecule has 3 rings (SSSR count). The van der Waals surface area contributed by atoms with Crippen LogP contribution in [-0.2, 0) is 4.79 Å². The van der Waals surface area contributed by atoms with Crippen molar-refractivity contribution in [2.24, 2.45) is 29.6 Å². The standard InChI is InChI=1S/C17H29NO2/c19-11-15-4-2-1-3-14(15)10-18-17(20)9-16-8-12-5-6-13(16)7-12/h12-16,19H,1-11H2,(H,18,20). The van der Waals surface area contributed by atoms with E-state index in [0.717, 1.165) is 31.2 Å². The summed E-state index contributed by atoms with van der Waals surface area (Å²) in [6, 6.07) is 0. The van der Waals surface area contributed by atoms with Gasteiger partial charge in [0, 0.05) is 19.6 Å². The second-order valence-electron chi connectivity index (χ2n) is 7.43. The highest BCUT2D eigenvalue weighted by molar-refractivity contribution is 5.76. The second kappa shape index (κ2) is 6.46. The van der Waals surface area contributed by atoms with Crippen LogP contribution in [0.5, 0.6) is 0 Å². The van der Waals surface area contributed by atoms with Crippen LogP contribution in [0.3, 0.4) is 0 Å².